The summed E-state index contributed by atoms with van der Waals surface area (Å²) in [6.45, 7) is 2.21. The largest absolute Gasteiger partial charge is 0.481 e. The molecule has 2 aliphatic rings. The first kappa shape index (κ1) is 30.0. The third kappa shape index (κ3) is 6.02. The number of allylic oxidation sites excluding steroid dienone is 1. The highest BCUT2D eigenvalue weighted by Crippen LogP contribution is 2.39. The van der Waals surface area contributed by atoms with Gasteiger partial charge in [0.25, 0.3) is 5.91 Å². The molecule has 0 unspecified atom stereocenters. The average Bonchev–Trinajstić information content (AvgIpc) is 3.82. The lowest BCUT2D eigenvalue weighted by molar-refractivity contribution is -0.159. The van der Waals surface area contributed by atoms with Gasteiger partial charge in [0.15, 0.2) is 23.2 Å². The van der Waals surface area contributed by atoms with Crippen LogP contribution in [0.2, 0.25) is 0 Å². The molecule has 0 radical (unpaired) electrons. The quantitative estimate of drug-likeness (QED) is 0.176. The number of para-hydroxylation sites is 2. The smallest absolute Gasteiger partial charge is 0.311 e. The molecule has 238 valence electrons. The third-order valence-corrected chi connectivity index (χ3v) is 8.93. The first-order valence-corrected chi connectivity index (χ1v) is 15.5. The van der Waals surface area contributed by atoms with Gasteiger partial charge in [0.1, 0.15) is 11.4 Å². The molecule has 4 aromatic carbocycles. The number of hydrogen-bond donors (Lipinski definition) is 1. The van der Waals surface area contributed by atoms with Gasteiger partial charge in [0.2, 0.25) is 12.7 Å². The molecular weight excluding hydrogens is 600 g/mol. The van der Waals surface area contributed by atoms with Crippen molar-refractivity contribution in [3.05, 3.63) is 108 Å². The number of carbonyl (C=O) groups is 3. The number of aliphatic carboxylic acids is 1. The number of carboxylic acids is 1. The number of hydrogen-bond acceptors (Lipinski definition) is 8. The van der Waals surface area contributed by atoms with Gasteiger partial charge in [-0.05, 0) is 65.6 Å². The first-order valence-electron chi connectivity index (χ1n) is 15.5. The molecule has 4 atom stereocenters. The maximum absolute atomic E-state index is 14.4. The minimum Gasteiger partial charge on any atom is -0.481 e. The second kappa shape index (κ2) is 12.6. The molecule has 3 heterocycles. The minimum absolute atomic E-state index is 0.117. The Labute approximate surface area is 270 Å². The monoisotopic (exact) mass is 632 g/mol. The van der Waals surface area contributed by atoms with Crippen molar-refractivity contribution >= 4 is 45.8 Å². The molecule has 0 saturated carbocycles. The van der Waals surface area contributed by atoms with Crippen LogP contribution in [0.15, 0.2) is 95.4 Å². The molecule has 1 aromatic heterocycles. The normalized spacial score (nSPS) is 18.4. The third-order valence-electron chi connectivity index (χ3n) is 8.93. The van der Waals surface area contributed by atoms with Gasteiger partial charge < -0.3 is 28.6 Å². The summed E-state index contributed by atoms with van der Waals surface area (Å²) < 4.78 is 22.5. The number of carbonyl (C=O) groups excluding carboxylic acids is 2. The van der Waals surface area contributed by atoms with Gasteiger partial charge in [0, 0.05) is 18.5 Å². The van der Waals surface area contributed by atoms with E-state index in [1.54, 1.807) is 4.90 Å². The fourth-order valence-electron chi connectivity index (χ4n) is 6.45. The molecule has 0 spiro atoms. The number of oxazole rings is 1. The van der Waals surface area contributed by atoms with Gasteiger partial charge in [-0.15, -0.1) is 0 Å². The summed E-state index contributed by atoms with van der Waals surface area (Å²) in [6, 6.07) is 26.5. The molecule has 7 rings (SSSR count). The Balaban J connectivity index is 1.27. The maximum Gasteiger partial charge on any atom is 0.311 e. The van der Waals surface area contributed by atoms with Gasteiger partial charge in [0.05, 0.1) is 6.42 Å². The fraction of sp³-hybridized carbons (Fsp3) is 0.243. The highest BCUT2D eigenvalue weighted by Gasteiger charge is 2.47. The molecule has 0 bridgehead atoms. The molecule has 10 nitrogen and oxygen atoms in total. The Morgan fingerprint density at radius 2 is 1.79 bits per heavy atom. The molecule has 47 heavy (non-hydrogen) atoms. The molecule has 10 heteroatoms. The summed E-state index contributed by atoms with van der Waals surface area (Å²) in [5.74, 6) is -2.41. The maximum atomic E-state index is 14.4. The van der Waals surface area contributed by atoms with Crippen molar-refractivity contribution in [3.63, 3.8) is 0 Å². The zero-order chi connectivity index (χ0) is 32.5. The summed E-state index contributed by atoms with van der Waals surface area (Å²) in [6.07, 6.45) is 2.42. The van der Waals surface area contributed by atoms with Crippen LogP contribution >= 0.6 is 0 Å². The number of benzene rings is 4. The number of carboxylic acid groups (broad SMARTS) is 1. The topological polar surface area (TPSA) is 128 Å². The van der Waals surface area contributed by atoms with Crippen LogP contribution in [0.1, 0.15) is 42.7 Å². The number of fused-ring (bicyclic) bond motifs is 3. The molecule has 2 aliphatic heterocycles. The van der Waals surface area contributed by atoms with E-state index < -0.39 is 35.9 Å². The van der Waals surface area contributed by atoms with Crippen molar-refractivity contribution in [1.82, 2.24) is 9.88 Å². The van der Waals surface area contributed by atoms with E-state index in [1.165, 1.54) is 0 Å². The van der Waals surface area contributed by atoms with Gasteiger partial charge in [-0.3, -0.25) is 14.4 Å². The van der Waals surface area contributed by atoms with Crippen LogP contribution < -0.4 is 9.47 Å². The Kier molecular flexibility index (Phi) is 8.07. The second-order valence-electron chi connectivity index (χ2n) is 11.8. The number of nitrogens with zero attached hydrogens (tertiary/aromatic N) is 2. The van der Waals surface area contributed by atoms with Crippen LogP contribution in [0.4, 0.5) is 0 Å². The van der Waals surface area contributed by atoms with Gasteiger partial charge in [-0.2, -0.15) is 0 Å². The van der Waals surface area contributed by atoms with E-state index in [0.717, 1.165) is 27.4 Å². The zero-order valence-electron chi connectivity index (χ0n) is 25.6. The van der Waals surface area contributed by atoms with E-state index >= 15 is 0 Å². The lowest BCUT2D eigenvalue weighted by atomic mass is 9.87. The second-order valence-corrected chi connectivity index (χ2v) is 11.8. The van der Waals surface area contributed by atoms with E-state index in [-0.39, 0.29) is 25.7 Å². The highest BCUT2D eigenvalue weighted by atomic mass is 16.7. The Morgan fingerprint density at radius 1 is 1.00 bits per heavy atom. The lowest BCUT2D eigenvalue weighted by Gasteiger charge is -2.37. The van der Waals surface area contributed by atoms with Crippen molar-refractivity contribution in [3.8, 4) is 11.5 Å². The SMILES string of the molecule is C[C@H]([C@H](C/C=C/c1nc2ccccc2o1)c1ccc2c(c1)OCO2)N(Cc1cccc2ccccc12)C(=O)[C@H]1OC(=O)C[C@@H]1C(=O)O. The average molecular weight is 633 g/mol. The lowest BCUT2D eigenvalue weighted by Crippen LogP contribution is -2.48. The highest BCUT2D eigenvalue weighted by molar-refractivity contribution is 5.94. The van der Waals surface area contributed by atoms with Crippen molar-refractivity contribution in [2.75, 3.05) is 6.79 Å². The van der Waals surface area contributed by atoms with Crippen LogP contribution in [-0.2, 0) is 25.7 Å². The van der Waals surface area contributed by atoms with Gasteiger partial charge >= 0.3 is 11.9 Å². The molecule has 5 aromatic rings. The number of amides is 1. The summed E-state index contributed by atoms with van der Waals surface area (Å²) in [5, 5.41) is 11.9. The first-order chi connectivity index (χ1) is 22.9. The zero-order valence-corrected chi connectivity index (χ0v) is 25.6. The van der Waals surface area contributed by atoms with Crippen molar-refractivity contribution < 1.29 is 38.1 Å². The molecule has 1 amide bonds. The minimum atomic E-state index is -1.44. The fourth-order valence-corrected chi connectivity index (χ4v) is 6.45. The molecule has 1 N–H and O–H groups in total. The van der Waals surface area contributed by atoms with E-state index in [0.29, 0.717) is 29.4 Å². The van der Waals surface area contributed by atoms with Crippen molar-refractivity contribution in [2.24, 2.45) is 5.92 Å². The summed E-state index contributed by atoms with van der Waals surface area (Å²) in [4.78, 5) is 45.0. The van der Waals surface area contributed by atoms with Gasteiger partial charge in [-0.25, -0.2) is 4.98 Å². The van der Waals surface area contributed by atoms with E-state index in [1.807, 2.05) is 104 Å². The van der Waals surface area contributed by atoms with E-state index in [9.17, 15) is 19.5 Å². The number of aromatic nitrogens is 1. The molecule has 1 saturated heterocycles. The predicted molar refractivity (Wildman–Crippen MR) is 173 cm³/mol. The van der Waals surface area contributed by atoms with Crippen LogP contribution in [0, 0.1) is 5.92 Å². The van der Waals surface area contributed by atoms with Gasteiger partial charge in [-0.1, -0.05) is 66.7 Å². The summed E-state index contributed by atoms with van der Waals surface area (Å²) >= 11 is 0. The van der Waals surface area contributed by atoms with Crippen molar-refractivity contribution in [2.45, 2.75) is 44.4 Å². The Morgan fingerprint density at radius 3 is 2.64 bits per heavy atom. The summed E-state index contributed by atoms with van der Waals surface area (Å²) in [7, 11) is 0. The van der Waals surface area contributed by atoms with Crippen LogP contribution in [0.5, 0.6) is 11.5 Å². The Bertz CT molecular complexity index is 1980. The molecule has 0 aliphatic carbocycles. The summed E-state index contributed by atoms with van der Waals surface area (Å²) in [5.41, 5.74) is 3.20. The predicted octanol–water partition coefficient (Wildman–Crippen LogP) is 6.33. The number of rotatable bonds is 10. The number of ether oxygens (including phenoxy) is 3. The number of cyclic esters (lactones) is 1. The molecule has 1 fully saturated rings. The number of esters is 1. The standard InChI is InChI=1S/C37H32N2O8/c1-22(26(24-16-17-31-32(18-24)45-21-44-31)12-7-15-33-38-29-13-4-5-14-30(29)46-33)39(36(41)35-28(37(42)43)19-34(40)47-35)20-25-10-6-9-23-8-2-3-11-27(23)25/h2-11,13-18,22,26,28,35H,12,19-21H2,1H3,(H,42,43)/b15-7+/t22-,26+,28+,35+/m1/s1. The van der Waals surface area contributed by atoms with Crippen LogP contribution in [-0.4, -0.2) is 51.8 Å². The molecular formula is C37H32N2O8. The van der Waals surface area contributed by atoms with E-state index in [4.69, 9.17) is 18.6 Å². The van der Waals surface area contributed by atoms with Crippen LogP contribution in [0.3, 0.4) is 0 Å². The van der Waals surface area contributed by atoms with Crippen molar-refractivity contribution in [1.29, 1.82) is 0 Å². The van der Waals surface area contributed by atoms with E-state index in [2.05, 4.69) is 4.98 Å². The Hall–Kier alpha value is -5.64. The van der Waals surface area contributed by atoms with Crippen LogP contribution in [0.25, 0.3) is 27.9 Å².